The van der Waals surface area contributed by atoms with Crippen molar-refractivity contribution in [1.29, 1.82) is 0 Å². The maximum atomic E-state index is 12.0. The van der Waals surface area contributed by atoms with Gasteiger partial charge in [0.25, 0.3) is 0 Å². The molecule has 0 saturated heterocycles. The fourth-order valence-electron chi connectivity index (χ4n) is 3.79. The number of esters is 1. The van der Waals surface area contributed by atoms with E-state index in [1.54, 1.807) is 0 Å². The zero-order chi connectivity index (χ0) is 11.9. The van der Waals surface area contributed by atoms with E-state index >= 15 is 0 Å². The highest BCUT2D eigenvalue weighted by Gasteiger charge is 2.70. The molecule has 0 amide bonds. The molecule has 0 aromatic heterocycles. The van der Waals surface area contributed by atoms with E-state index in [1.807, 2.05) is 13.0 Å². The summed E-state index contributed by atoms with van der Waals surface area (Å²) >= 11 is 0. The Bertz CT molecular complexity index is 426. The van der Waals surface area contributed by atoms with Crippen molar-refractivity contribution in [2.24, 2.45) is 11.8 Å². The summed E-state index contributed by atoms with van der Waals surface area (Å²) in [5, 5.41) is 0. The Morgan fingerprint density at radius 2 is 2.18 bits per heavy atom. The fourth-order valence-corrected chi connectivity index (χ4v) is 3.79. The Morgan fingerprint density at radius 3 is 2.88 bits per heavy atom. The molecule has 3 rings (SSSR count). The minimum absolute atomic E-state index is 0.0149. The van der Waals surface area contributed by atoms with Gasteiger partial charge >= 0.3 is 5.97 Å². The van der Waals surface area contributed by atoms with Gasteiger partial charge in [0.1, 0.15) is 0 Å². The van der Waals surface area contributed by atoms with E-state index in [0.717, 1.165) is 6.42 Å². The number of ether oxygens (including phenoxy) is 1. The van der Waals surface area contributed by atoms with Crippen LogP contribution < -0.4 is 0 Å². The number of benzene rings is 1. The quantitative estimate of drug-likeness (QED) is 0.746. The molecule has 0 spiro atoms. The van der Waals surface area contributed by atoms with Crippen LogP contribution >= 0.6 is 0 Å². The lowest BCUT2D eigenvalue weighted by molar-refractivity contribution is -0.145. The standard InChI is InChI=1S/C15H18O2/c1-2-17-14(16)13-12-9-6-10-15(12,13)11-7-4-3-5-8-11/h3-5,7-8,12-13H,2,6,9-10H2,1H3/t12-,13-,15+/m0/s1. The van der Waals surface area contributed by atoms with Crippen molar-refractivity contribution in [2.75, 3.05) is 6.61 Å². The molecule has 0 unspecified atom stereocenters. The maximum absolute atomic E-state index is 12.0. The zero-order valence-corrected chi connectivity index (χ0v) is 10.2. The van der Waals surface area contributed by atoms with E-state index in [-0.39, 0.29) is 17.3 Å². The Balaban J connectivity index is 1.89. The monoisotopic (exact) mass is 230 g/mol. The van der Waals surface area contributed by atoms with Crippen LogP contribution in [0.25, 0.3) is 0 Å². The van der Waals surface area contributed by atoms with E-state index in [1.165, 1.54) is 18.4 Å². The van der Waals surface area contributed by atoms with Crippen molar-refractivity contribution < 1.29 is 9.53 Å². The summed E-state index contributed by atoms with van der Waals surface area (Å²) < 4.78 is 5.21. The molecular weight excluding hydrogens is 212 g/mol. The largest absolute Gasteiger partial charge is 0.466 e. The molecule has 2 nitrogen and oxygen atoms in total. The lowest BCUT2D eigenvalue weighted by atomic mass is 9.90. The second-order valence-corrected chi connectivity index (χ2v) is 5.13. The van der Waals surface area contributed by atoms with Gasteiger partial charge in [-0.3, -0.25) is 4.79 Å². The first kappa shape index (κ1) is 10.8. The van der Waals surface area contributed by atoms with Crippen molar-refractivity contribution in [2.45, 2.75) is 31.6 Å². The molecule has 3 atom stereocenters. The molecule has 0 aliphatic heterocycles. The second kappa shape index (κ2) is 3.86. The van der Waals surface area contributed by atoms with Crippen LogP contribution in [-0.4, -0.2) is 12.6 Å². The van der Waals surface area contributed by atoms with Gasteiger partial charge in [0.2, 0.25) is 0 Å². The lowest BCUT2D eigenvalue weighted by Crippen LogP contribution is -2.17. The molecule has 2 heteroatoms. The van der Waals surface area contributed by atoms with Crippen LogP contribution in [-0.2, 0) is 14.9 Å². The third-order valence-electron chi connectivity index (χ3n) is 4.47. The number of hydrogen-bond donors (Lipinski definition) is 0. The molecule has 0 radical (unpaired) electrons. The molecule has 2 saturated carbocycles. The zero-order valence-electron chi connectivity index (χ0n) is 10.2. The Morgan fingerprint density at radius 1 is 1.41 bits per heavy atom. The topological polar surface area (TPSA) is 26.3 Å². The van der Waals surface area contributed by atoms with Gasteiger partial charge in [-0.05, 0) is 31.2 Å². The van der Waals surface area contributed by atoms with Gasteiger partial charge in [0.05, 0.1) is 12.5 Å². The van der Waals surface area contributed by atoms with Crippen LogP contribution in [0.4, 0.5) is 0 Å². The maximum Gasteiger partial charge on any atom is 0.310 e. The van der Waals surface area contributed by atoms with E-state index in [4.69, 9.17) is 4.74 Å². The first-order valence-corrected chi connectivity index (χ1v) is 6.53. The Labute approximate surface area is 102 Å². The molecule has 2 fully saturated rings. The van der Waals surface area contributed by atoms with Gasteiger partial charge in [-0.2, -0.15) is 0 Å². The van der Waals surface area contributed by atoms with Gasteiger partial charge in [-0.1, -0.05) is 36.8 Å². The van der Waals surface area contributed by atoms with Crippen LogP contribution in [0, 0.1) is 11.8 Å². The summed E-state index contributed by atoms with van der Waals surface area (Å²) in [7, 11) is 0. The van der Waals surface area contributed by atoms with E-state index in [2.05, 4.69) is 24.3 Å². The van der Waals surface area contributed by atoms with Crippen molar-refractivity contribution in [3.63, 3.8) is 0 Å². The highest BCUT2D eigenvalue weighted by Crippen LogP contribution is 2.69. The summed E-state index contributed by atoms with van der Waals surface area (Å²) in [6, 6.07) is 10.5. The van der Waals surface area contributed by atoms with Gasteiger partial charge in [-0.25, -0.2) is 0 Å². The molecule has 17 heavy (non-hydrogen) atoms. The van der Waals surface area contributed by atoms with E-state index in [0.29, 0.717) is 12.5 Å². The van der Waals surface area contributed by atoms with E-state index in [9.17, 15) is 4.79 Å². The molecule has 0 N–H and O–H groups in total. The van der Waals surface area contributed by atoms with Crippen molar-refractivity contribution in [3.8, 4) is 0 Å². The van der Waals surface area contributed by atoms with Crippen molar-refractivity contribution in [1.82, 2.24) is 0 Å². The van der Waals surface area contributed by atoms with E-state index < -0.39 is 0 Å². The number of hydrogen-bond acceptors (Lipinski definition) is 2. The molecular formula is C15H18O2. The number of rotatable bonds is 3. The summed E-state index contributed by atoms with van der Waals surface area (Å²) in [4.78, 5) is 12.0. The SMILES string of the molecule is CCOC(=O)[C@@H]1[C@@H]2CCC[C@]12c1ccccc1. The number of carbonyl (C=O) groups excluding carboxylic acids is 1. The normalized spacial score (nSPS) is 34.2. The van der Waals surface area contributed by atoms with Gasteiger partial charge in [-0.15, -0.1) is 0 Å². The van der Waals surface area contributed by atoms with Gasteiger partial charge in [0.15, 0.2) is 0 Å². The van der Waals surface area contributed by atoms with Crippen LogP contribution in [0.15, 0.2) is 30.3 Å². The first-order chi connectivity index (χ1) is 8.30. The predicted molar refractivity (Wildman–Crippen MR) is 65.6 cm³/mol. The third-order valence-corrected chi connectivity index (χ3v) is 4.47. The van der Waals surface area contributed by atoms with Crippen LogP contribution in [0.3, 0.4) is 0 Å². The average molecular weight is 230 g/mol. The second-order valence-electron chi connectivity index (χ2n) is 5.13. The Hall–Kier alpha value is -1.31. The number of carbonyl (C=O) groups is 1. The minimum atomic E-state index is 0.0149. The lowest BCUT2D eigenvalue weighted by Gasteiger charge is -2.15. The Kier molecular flexibility index (Phi) is 2.46. The molecule has 1 aromatic carbocycles. The summed E-state index contributed by atoms with van der Waals surface area (Å²) in [6.45, 7) is 2.37. The predicted octanol–water partition coefficient (Wildman–Crippen LogP) is 2.92. The summed E-state index contributed by atoms with van der Waals surface area (Å²) in [6.07, 6.45) is 3.57. The molecule has 0 bridgehead atoms. The van der Waals surface area contributed by atoms with Gasteiger partial charge in [0, 0.05) is 5.41 Å². The first-order valence-electron chi connectivity index (χ1n) is 6.53. The molecule has 1 aromatic rings. The third kappa shape index (κ3) is 1.43. The molecule has 90 valence electrons. The highest BCUT2D eigenvalue weighted by atomic mass is 16.5. The molecule has 2 aliphatic rings. The van der Waals surface area contributed by atoms with Crippen LogP contribution in [0.1, 0.15) is 31.7 Å². The highest BCUT2D eigenvalue weighted by molar-refractivity contribution is 5.80. The van der Waals surface area contributed by atoms with Crippen molar-refractivity contribution in [3.05, 3.63) is 35.9 Å². The van der Waals surface area contributed by atoms with Crippen LogP contribution in [0.5, 0.6) is 0 Å². The summed E-state index contributed by atoms with van der Waals surface area (Å²) in [5.41, 5.74) is 1.45. The smallest absolute Gasteiger partial charge is 0.310 e. The van der Waals surface area contributed by atoms with Crippen molar-refractivity contribution >= 4 is 5.97 Å². The fraction of sp³-hybridized carbons (Fsp3) is 0.533. The van der Waals surface area contributed by atoms with Gasteiger partial charge < -0.3 is 4.74 Å². The number of fused-ring (bicyclic) bond motifs is 1. The van der Waals surface area contributed by atoms with Crippen LogP contribution in [0.2, 0.25) is 0 Å². The molecule has 2 aliphatic carbocycles. The summed E-state index contributed by atoms with van der Waals surface area (Å²) in [5.74, 6) is 0.670. The average Bonchev–Trinajstić information content (AvgIpc) is 2.81. The molecule has 0 heterocycles. The minimum Gasteiger partial charge on any atom is -0.466 e.